The average molecular weight is 370 g/mol. The van der Waals surface area contributed by atoms with Crippen molar-refractivity contribution in [2.45, 2.75) is 52.5 Å². The summed E-state index contributed by atoms with van der Waals surface area (Å²) in [6.45, 7) is 7.95. The Balaban J connectivity index is 1.42. The molecule has 4 rings (SSSR count). The predicted octanol–water partition coefficient (Wildman–Crippen LogP) is 4.55. The lowest BCUT2D eigenvalue weighted by molar-refractivity contribution is -0.117. The van der Waals surface area contributed by atoms with E-state index in [-0.39, 0.29) is 5.91 Å². The molecule has 4 nitrogen and oxygen atoms in total. The third-order valence-corrected chi connectivity index (χ3v) is 6.04. The monoisotopic (exact) mass is 369 g/mol. The number of carbonyl (C=O) groups is 1. The van der Waals surface area contributed by atoms with E-state index in [4.69, 9.17) is 0 Å². The van der Waals surface area contributed by atoms with Crippen LogP contribution < -0.4 is 5.32 Å². The molecule has 0 bridgehead atoms. The molecule has 2 aliphatic rings. The molecule has 2 aliphatic carbocycles. The summed E-state index contributed by atoms with van der Waals surface area (Å²) in [5, 5.41) is 5.76. The first kappa shape index (κ1) is 17.7. The molecule has 1 aromatic heterocycles. The topological polar surface area (TPSA) is 45.2 Å². The normalized spacial score (nSPS) is 16.9. The van der Waals surface area contributed by atoms with E-state index in [1.54, 1.807) is 0 Å². The summed E-state index contributed by atoms with van der Waals surface area (Å²) in [6.07, 6.45) is 5.15. The van der Waals surface area contributed by atoms with Crippen LogP contribution in [0, 0.1) is 26.7 Å². The Kier molecular flexibility index (Phi) is 4.84. The highest BCUT2D eigenvalue weighted by Crippen LogP contribution is 2.35. The van der Waals surface area contributed by atoms with Gasteiger partial charge in [0.1, 0.15) is 0 Å². The fraction of sp³-hybridized carbons (Fsp3) is 0.524. The molecule has 1 N–H and O–H groups in total. The van der Waals surface area contributed by atoms with Gasteiger partial charge >= 0.3 is 0 Å². The van der Waals surface area contributed by atoms with Crippen molar-refractivity contribution in [2.24, 2.45) is 5.92 Å². The number of aromatic nitrogens is 1. The number of aryl methyl sites for hydroxylation is 3. The summed E-state index contributed by atoms with van der Waals surface area (Å²) < 4.78 is 0. The fourth-order valence-electron chi connectivity index (χ4n) is 3.79. The summed E-state index contributed by atoms with van der Waals surface area (Å²) in [7, 11) is 0. The van der Waals surface area contributed by atoms with Gasteiger partial charge in [-0.3, -0.25) is 9.69 Å². The van der Waals surface area contributed by atoms with E-state index in [1.165, 1.54) is 59.3 Å². The number of hydrogen-bond donors (Lipinski definition) is 1. The standard InChI is InChI=1S/C21H27N3OS/c1-13-8-14(2)20(15(3)9-13)18-12-26-21(22-18)23-19(25)11-24(17-6-7-17)10-16-4-5-16/h8-9,12,16-17H,4-7,10-11H2,1-3H3,(H,22,23,25). The third kappa shape index (κ3) is 4.15. The molecule has 2 saturated carbocycles. The first-order valence-electron chi connectivity index (χ1n) is 9.57. The van der Waals surface area contributed by atoms with E-state index in [1.807, 2.05) is 5.38 Å². The van der Waals surface area contributed by atoms with Crippen molar-refractivity contribution in [3.05, 3.63) is 34.2 Å². The Morgan fingerprint density at radius 1 is 1.19 bits per heavy atom. The lowest BCUT2D eigenvalue weighted by Gasteiger charge is -2.20. The number of nitrogens with zero attached hydrogens (tertiary/aromatic N) is 2. The van der Waals surface area contributed by atoms with E-state index in [0.29, 0.717) is 17.7 Å². The molecular weight excluding hydrogens is 342 g/mol. The molecule has 0 spiro atoms. The second-order valence-electron chi connectivity index (χ2n) is 7.96. The molecule has 0 radical (unpaired) electrons. The third-order valence-electron chi connectivity index (χ3n) is 5.28. The molecule has 2 fully saturated rings. The molecule has 0 saturated heterocycles. The SMILES string of the molecule is Cc1cc(C)c(-c2csc(NC(=O)CN(CC3CC3)C3CC3)n2)c(C)c1. The molecule has 1 aromatic carbocycles. The largest absolute Gasteiger partial charge is 0.301 e. The Labute approximate surface area is 159 Å². The number of hydrogen-bond acceptors (Lipinski definition) is 4. The number of nitrogens with one attached hydrogen (secondary N) is 1. The Hall–Kier alpha value is -1.72. The minimum absolute atomic E-state index is 0.0656. The fourth-order valence-corrected chi connectivity index (χ4v) is 4.51. The average Bonchev–Trinajstić information content (AvgIpc) is 3.46. The van der Waals surface area contributed by atoms with Crippen molar-refractivity contribution >= 4 is 22.4 Å². The van der Waals surface area contributed by atoms with Crippen LogP contribution in [0.2, 0.25) is 0 Å². The minimum Gasteiger partial charge on any atom is -0.301 e. The predicted molar refractivity (Wildman–Crippen MR) is 108 cm³/mol. The van der Waals surface area contributed by atoms with Crippen LogP contribution in [0.4, 0.5) is 5.13 Å². The smallest absolute Gasteiger partial charge is 0.240 e. The van der Waals surface area contributed by atoms with Gasteiger partial charge in [-0.2, -0.15) is 0 Å². The number of rotatable bonds is 7. The molecule has 1 amide bonds. The van der Waals surface area contributed by atoms with Crippen LogP contribution in [0.15, 0.2) is 17.5 Å². The van der Waals surface area contributed by atoms with Crippen molar-refractivity contribution < 1.29 is 4.79 Å². The van der Waals surface area contributed by atoms with Crippen LogP contribution in [-0.2, 0) is 4.79 Å². The van der Waals surface area contributed by atoms with E-state index in [0.717, 1.165) is 18.2 Å². The van der Waals surface area contributed by atoms with Crippen LogP contribution in [0.25, 0.3) is 11.3 Å². The van der Waals surface area contributed by atoms with Gasteiger partial charge in [0.25, 0.3) is 0 Å². The highest BCUT2D eigenvalue weighted by Gasteiger charge is 2.34. The van der Waals surface area contributed by atoms with E-state index in [9.17, 15) is 4.79 Å². The van der Waals surface area contributed by atoms with Gasteiger partial charge in [0, 0.05) is 23.5 Å². The molecule has 1 heterocycles. The number of thiazole rings is 1. The van der Waals surface area contributed by atoms with Gasteiger partial charge < -0.3 is 5.32 Å². The zero-order valence-corrected chi connectivity index (χ0v) is 16.7. The van der Waals surface area contributed by atoms with Gasteiger partial charge in [0.2, 0.25) is 5.91 Å². The lowest BCUT2D eigenvalue weighted by atomic mass is 9.98. The molecule has 138 valence electrons. The van der Waals surface area contributed by atoms with Crippen LogP contribution in [0.3, 0.4) is 0 Å². The van der Waals surface area contributed by atoms with Gasteiger partial charge in [-0.1, -0.05) is 17.7 Å². The maximum Gasteiger partial charge on any atom is 0.240 e. The molecule has 5 heteroatoms. The van der Waals surface area contributed by atoms with Crippen molar-refractivity contribution in [3.8, 4) is 11.3 Å². The number of carbonyl (C=O) groups excluding carboxylic acids is 1. The van der Waals surface area contributed by atoms with E-state index >= 15 is 0 Å². The van der Waals surface area contributed by atoms with Crippen molar-refractivity contribution in [3.63, 3.8) is 0 Å². The highest BCUT2D eigenvalue weighted by atomic mass is 32.1. The summed E-state index contributed by atoms with van der Waals surface area (Å²) in [4.78, 5) is 19.5. The Morgan fingerprint density at radius 3 is 2.50 bits per heavy atom. The second kappa shape index (κ2) is 7.12. The highest BCUT2D eigenvalue weighted by molar-refractivity contribution is 7.14. The van der Waals surface area contributed by atoms with Crippen LogP contribution >= 0.6 is 11.3 Å². The lowest BCUT2D eigenvalue weighted by Crippen LogP contribution is -2.36. The summed E-state index contributed by atoms with van der Waals surface area (Å²) in [6, 6.07) is 5.00. The summed E-state index contributed by atoms with van der Waals surface area (Å²) >= 11 is 1.51. The minimum atomic E-state index is 0.0656. The molecule has 2 aromatic rings. The zero-order valence-electron chi connectivity index (χ0n) is 15.8. The van der Waals surface area contributed by atoms with E-state index < -0.39 is 0 Å². The first-order valence-corrected chi connectivity index (χ1v) is 10.4. The van der Waals surface area contributed by atoms with Gasteiger partial charge in [0.05, 0.1) is 12.2 Å². The van der Waals surface area contributed by atoms with Gasteiger partial charge in [0.15, 0.2) is 5.13 Å². The van der Waals surface area contributed by atoms with Crippen LogP contribution in [-0.4, -0.2) is 34.9 Å². The van der Waals surface area contributed by atoms with E-state index in [2.05, 4.69) is 48.1 Å². The number of benzene rings is 1. The summed E-state index contributed by atoms with van der Waals surface area (Å²) in [5.74, 6) is 0.887. The molecule has 26 heavy (non-hydrogen) atoms. The maximum absolute atomic E-state index is 12.5. The summed E-state index contributed by atoms with van der Waals surface area (Å²) in [5.41, 5.74) is 5.87. The number of amides is 1. The Bertz CT molecular complexity index is 797. The quantitative estimate of drug-likeness (QED) is 0.779. The van der Waals surface area contributed by atoms with Crippen molar-refractivity contribution in [1.82, 2.24) is 9.88 Å². The molecular formula is C21H27N3OS. The maximum atomic E-state index is 12.5. The van der Waals surface area contributed by atoms with Crippen LogP contribution in [0.1, 0.15) is 42.4 Å². The zero-order chi connectivity index (χ0) is 18.3. The van der Waals surface area contributed by atoms with Gasteiger partial charge in [-0.25, -0.2) is 4.98 Å². The van der Waals surface area contributed by atoms with Crippen molar-refractivity contribution in [2.75, 3.05) is 18.4 Å². The van der Waals surface area contributed by atoms with Gasteiger partial charge in [-0.15, -0.1) is 11.3 Å². The number of anilines is 1. The second-order valence-corrected chi connectivity index (χ2v) is 8.82. The van der Waals surface area contributed by atoms with Crippen LogP contribution in [0.5, 0.6) is 0 Å². The van der Waals surface area contributed by atoms with Gasteiger partial charge in [-0.05, 0) is 63.5 Å². The first-order chi connectivity index (χ1) is 12.5. The molecule has 0 unspecified atom stereocenters. The molecule has 0 atom stereocenters. The van der Waals surface area contributed by atoms with Crippen molar-refractivity contribution in [1.29, 1.82) is 0 Å². The molecule has 0 aliphatic heterocycles. The Morgan fingerprint density at radius 2 is 1.88 bits per heavy atom.